The fourth-order valence-electron chi connectivity index (χ4n) is 1.56. The first-order chi connectivity index (χ1) is 8.15. The first-order valence-corrected chi connectivity index (χ1v) is 5.38. The van der Waals surface area contributed by atoms with E-state index in [0.29, 0.717) is 18.7 Å². The van der Waals surface area contributed by atoms with Gasteiger partial charge in [0, 0.05) is 18.0 Å². The number of hydrogen-bond acceptors (Lipinski definition) is 3. The fourth-order valence-corrected chi connectivity index (χ4v) is 1.56. The highest BCUT2D eigenvalue weighted by atomic mass is 16.2. The Hall–Kier alpha value is -2.20. The van der Waals surface area contributed by atoms with Gasteiger partial charge < -0.3 is 10.6 Å². The standard InChI is InChI=1S/C11H15N5O/c1-3-16(4-2)11(17)8-6-5-7-9(10(8)12)14-15-13/h5-7H,3-4,12H2,1-2H3. The maximum absolute atomic E-state index is 12.1. The van der Waals surface area contributed by atoms with Gasteiger partial charge in [-0.2, -0.15) is 0 Å². The minimum Gasteiger partial charge on any atom is -0.398 e. The summed E-state index contributed by atoms with van der Waals surface area (Å²) in [4.78, 5) is 16.4. The van der Waals surface area contributed by atoms with Crippen LogP contribution >= 0.6 is 0 Å². The lowest BCUT2D eigenvalue weighted by molar-refractivity contribution is 0.0774. The van der Waals surface area contributed by atoms with Gasteiger partial charge in [-0.3, -0.25) is 4.79 Å². The van der Waals surface area contributed by atoms with Crippen LogP contribution in [-0.2, 0) is 0 Å². The van der Waals surface area contributed by atoms with Crippen LogP contribution < -0.4 is 5.73 Å². The van der Waals surface area contributed by atoms with Crippen LogP contribution in [0.25, 0.3) is 10.4 Å². The van der Waals surface area contributed by atoms with Gasteiger partial charge in [-0.05, 0) is 25.4 Å². The molecule has 1 aromatic carbocycles. The van der Waals surface area contributed by atoms with E-state index >= 15 is 0 Å². The third kappa shape index (κ3) is 2.68. The summed E-state index contributed by atoms with van der Waals surface area (Å²) in [7, 11) is 0. The number of nitrogen functional groups attached to an aromatic ring is 1. The van der Waals surface area contributed by atoms with Gasteiger partial charge in [0.15, 0.2) is 0 Å². The van der Waals surface area contributed by atoms with Gasteiger partial charge in [-0.1, -0.05) is 17.2 Å². The maximum Gasteiger partial charge on any atom is 0.255 e. The van der Waals surface area contributed by atoms with E-state index in [1.807, 2.05) is 13.8 Å². The first-order valence-electron chi connectivity index (χ1n) is 5.38. The van der Waals surface area contributed by atoms with E-state index in [1.165, 1.54) is 0 Å². The predicted molar refractivity (Wildman–Crippen MR) is 66.9 cm³/mol. The predicted octanol–water partition coefficient (Wildman–Crippen LogP) is 2.69. The van der Waals surface area contributed by atoms with Crippen molar-refractivity contribution in [1.29, 1.82) is 0 Å². The van der Waals surface area contributed by atoms with E-state index < -0.39 is 0 Å². The van der Waals surface area contributed by atoms with Crippen LogP contribution in [-0.4, -0.2) is 23.9 Å². The molecule has 0 aliphatic rings. The van der Waals surface area contributed by atoms with Crippen LogP contribution in [0.1, 0.15) is 24.2 Å². The molecule has 0 saturated carbocycles. The van der Waals surface area contributed by atoms with Gasteiger partial charge in [-0.15, -0.1) is 0 Å². The van der Waals surface area contributed by atoms with Crippen molar-refractivity contribution in [3.05, 3.63) is 34.2 Å². The zero-order chi connectivity index (χ0) is 12.8. The molecule has 6 heteroatoms. The summed E-state index contributed by atoms with van der Waals surface area (Å²) < 4.78 is 0. The van der Waals surface area contributed by atoms with Gasteiger partial charge in [-0.25, -0.2) is 0 Å². The minimum absolute atomic E-state index is 0.150. The van der Waals surface area contributed by atoms with Crippen molar-refractivity contribution >= 4 is 17.3 Å². The number of para-hydroxylation sites is 1. The zero-order valence-electron chi connectivity index (χ0n) is 9.92. The highest BCUT2D eigenvalue weighted by Gasteiger charge is 2.16. The first kappa shape index (κ1) is 12.9. The summed E-state index contributed by atoms with van der Waals surface area (Å²) in [5, 5.41) is 3.45. The Labute approximate surface area is 99.7 Å². The molecule has 0 unspecified atom stereocenters. The third-order valence-electron chi connectivity index (χ3n) is 2.52. The number of carbonyl (C=O) groups is 1. The fraction of sp³-hybridized carbons (Fsp3) is 0.364. The summed E-state index contributed by atoms with van der Waals surface area (Å²) in [6.45, 7) is 5.02. The Morgan fingerprint density at radius 1 is 1.47 bits per heavy atom. The van der Waals surface area contributed by atoms with Crippen molar-refractivity contribution in [3.63, 3.8) is 0 Å². The molecule has 1 aromatic rings. The molecule has 0 atom stereocenters. The second kappa shape index (κ2) is 5.77. The highest BCUT2D eigenvalue weighted by molar-refractivity contribution is 6.01. The molecule has 0 saturated heterocycles. The lowest BCUT2D eigenvalue weighted by Crippen LogP contribution is -2.31. The average Bonchev–Trinajstić information content (AvgIpc) is 2.33. The molecule has 0 aromatic heterocycles. The topological polar surface area (TPSA) is 95.1 Å². The molecule has 2 N–H and O–H groups in total. The molecule has 0 aliphatic carbocycles. The van der Waals surface area contributed by atoms with Gasteiger partial charge in [0.1, 0.15) is 0 Å². The zero-order valence-corrected chi connectivity index (χ0v) is 9.92. The van der Waals surface area contributed by atoms with E-state index in [1.54, 1.807) is 23.1 Å². The summed E-state index contributed by atoms with van der Waals surface area (Å²) in [5.41, 5.74) is 15.1. The molecular formula is C11H15N5O. The Kier molecular flexibility index (Phi) is 4.37. The number of amides is 1. The number of carbonyl (C=O) groups excluding carboxylic acids is 1. The van der Waals surface area contributed by atoms with Crippen LogP contribution in [0, 0.1) is 0 Å². The van der Waals surface area contributed by atoms with Crippen molar-refractivity contribution < 1.29 is 4.79 Å². The molecular weight excluding hydrogens is 218 g/mol. The molecule has 17 heavy (non-hydrogen) atoms. The lowest BCUT2D eigenvalue weighted by atomic mass is 10.1. The summed E-state index contributed by atoms with van der Waals surface area (Å²) >= 11 is 0. The number of hydrogen-bond donors (Lipinski definition) is 1. The molecule has 1 amide bonds. The number of nitrogens with two attached hydrogens (primary N) is 1. The monoisotopic (exact) mass is 233 g/mol. The number of azide groups is 1. The second-order valence-corrected chi connectivity index (χ2v) is 3.41. The Morgan fingerprint density at radius 2 is 2.12 bits per heavy atom. The van der Waals surface area contributed by atoms with E-state index in [9.17, 15) is 4.79 Å². The maximum atomic E-state index is 12.1. The van der Waals surface area contributed by atoms with Gasteiger partial charge >= 0.3 is 0 Å². The van der Waals surface area contributed by atoms with Gasteiger partial charge in [0.2, 0.25) is 0 Å². The molecule has 90 valence electrons. The normalized spacial score (nSPS) is 9.53. The van der Waals surface area contributed by atoms with Crippen LogP contribution in [0.15, 0.2) is 23.3 Å². The summed E-state index contributed by atoms with van der Waals surface area (Å²) in [5.74, 6) is -0.150. The lowest BCUT2D eigenvalue weighted by Gasteiger charge is -2.19. The van der Waals surface area contributed by atoms with Gasteiger partial charge in [0.05, 0.1) is 16.9 Å². The summed E-state index contributed by atoms with van der Waals surface area (Å²) in [6.07, 6.45) is 0. The van der Waals surface area contributed by atoms with Crippen LogP contribution in [0.3, 0.4) is 0 Å². The molecule has 0 bridgehead atoms. The van der Waals surface area contributed by atoms with Crippen LogP contribution in [0.5, 0.6) is 0 Å². The van der Waals surface area contributed by atoms with Crippen molar-refractivity contribution in [1.82, 2.24) is 4.90 Å². The third-order valence-corrected chi connectivity index (χ3v) is 2.52. The number of anilines is 1. The van der Waals surface area contributed by atoms with E-state index in [2.05, 4.69) is 10.0 Å². The quantitative estimate of drug-likeness (QED) is 0.374. The largest absolute Gasteiger partial charge is 0.398 e. The van der Waals surface area contributed by atoms with Crippen molar-refractivity contribution in [2.45, 2.75) is 13.8 Å². The van der Waals surface area contributed by atoms with Crippen LogP contribution in [0.4, 0.5) is 11.4 Å². The number of benzene rings is 1. The Balaban J connectivity index is 3.18. The number of nitrogens with zero attached hydrogens (tertiary/aromatic N) is 4. The van der Waals surface area contributed by atoms with Crippen molar-refractivity contribution in [2.24, 2.45) is 5.11 Å². The van der Waals surface area contributed by atoms with Crippen LogP contribution in [0.2, 0.25) is 0 Å². The molecule has 0 spiro atoms. The molecule has 0 aliphatic heterocycles. The molecule has 0 heterocycles. The van der Waals surface area contributed by atoms with Crippen molar-refractivity contribution in [3.8, 4) is 0 Å². The van der Waals surface area contributed by atoms with Gasteiger partial charge in [0.25, 0.3) is 5.91 Å². The van der Waals surface area contributed by atoms with E-state index in [-0.39, 0.29) is 17.3 Å². The second-order valence-electron chi connectivity index (χ2n) is 3.41. The van der Waals surface area contributed by atoms with E-state index in [0.717, 1.165) is 0 Å². The molecule has 0 radical (unpaired) electrons. The smallest absolute Gasteiger partial charge is 0.255 e. The number of rotatable bonds is 4. The molecule has 6 nitrogen and oxygen atoms in total. The van der Waals surface area contributed by atoms with E-state index in [4.69, 9.17) is 11.3 Å². The minimum atomic E-state index is -0.150. The molecule has 0 fully saturated rings. The Morgan fingerprint density at radius 3 is 2.65 bits per heavy atom. The Bertz CT molecular complexity index is 461. The summed E-state index contributed by atoms with van der Waals surface area (Å²) in [6, 6.07) is 4.86. The SMILES string of the molecule is CCN(CC)C(=O)c1cccc(N=[N+]=[N-])c1N. The average molecular weight is 233 g/mol. The molecule has 1 rings (SSSR count). The highest BCUT2D eigenvalue weighted by Crippen LogP contribution is 2.26. The van der Waals surface area contributed by atoms with Crippen molar-refractivity contribution in [2.75, 3.05) is 18.8 Å².